The van der Waals surface area contributed by atoms with E-state index in [-0.39, 0.29) is 11.8 Å². The molecule has 1 aliphatic carbocycles. The smallest absolute Gasteiger partial charge is 0.257 e. The maximum Gasteiger partial charge on any atom is 0.257 e. The van der Waals surface area contributed by atoms with Crippen molar-refractivity contribution in [1.82, 2.24) is 0 Å². The molecule has 0 aromatic rings. The van der Waals surface area contributed by atoms with E-state index in [2.05, 4.69) is 0 Å². The zero-order valence-corrected chi connectivity index (χ0v) is 14.8. The van der Waals surface area contributed by atoms with Gasteiger partial charge in [0.15, 0.2) is 0 Å². The molecule has 0 atom stereocenters. The molecular weight excluding hydrogens is 314 g/mol. The second kappa shape index (κ2) is 9.54. The first-order valence-corrected chi connectivity index (χ1v) is 8.91. The van der Waals surface area contributed by atoms with Gasteiger partial charge < -0.3 is 9.47 Å². The second-order valence-electron chi connectivity index (χ2n) is 6.09. The fraction of sp³-hybridized carbons (Fsp3) is 1.00. The van der Waals surface area contributed by atoms with Gasteiger partial charge in [-0.15, -0.1) is 0 Å². The normalized spacial score (nSPS) is 18.1. The molecule has 5 heteroatoms. The maximum atomic E-state index is 13.6. The summed E-state index contributed by atoms with van der Waals surface area (Å²) in [4.78, 5) is 0. The Bertz CT molecular complexity index is 268. The zero-order chi connectivity index (χ0) is 15.8. The Kier molecular flexibility index (Phi) is 8.85. The fourth-order valence-electron chi connectivity index (χ4n) is 3.34. The zero-order valence-electron chi connectivity index (χ0n) is 13.3. The quantitative estimate of drug-likeness (QED) is 0.487. The summed E-state index contributed by atoms with van der Waals surface area (Å²) in [6, 6.07) is 0. The molecule has 0 saturated heterocycles. The lowest BCUT2D eigenvalue weighted by atomic mass is 9.67. The molecule has 1 rings (SSSR count). The van der Waals surface area contributed by atoms with Gasteiger partial charge in [-0.05, 0) is 39.0 Å². The number of hydrogen-bond acceptors (Lipinski definition) is 2. The van der Waals surface area contributed by atoms with Crippen LogP contribution >= 0.6 is 23.2 Å². The van der Waals surface area contributed by atoms with Gasteiger partial charge in [0.1, 0.15) is 0 Å². The maximum absolute atomic E-state index is 13.6. The molecule has 0 aromatic carbocycles. The first-order chi connectivity index (χ1) is 9.93. The summed E-state index contributed by atoms with van der Waals surface area (Å²) >= 11 is 11.1. The van der Waals surface area contributed by atoms with E-state index in [9.17, 15) is 4.39 Å². The molecule has 0 N–H and O–H groups in total. The molecular formula is C16H29Cl2FO2. The minimum atomic E-state index is -2.17. The highest BCUT2D eigenvalue weighted by Gasteiger charge is 2.41. The number of hydrogen-bond donors (Lipinski definition) is 0. The van der Waals surface area contributed by atoms with E-state index in [1.54, 1.807) is 0 Å². The Balaban J connectivity index is 2.83. The van der Waals surface area contributed by atoms with E-state index in [1.807, 2.05) is 13.8 Å². The summed E-state index contributed by atoms with van der Waals surface area (Å²) in [5, 5.41) is 0. The summed E-state index contributed by atoms with van der Waals surface area (Å²) in [6.45, 7) is 6.46. The minimum absolute atomic E-state index is 0.118. The van der Waals surface area contributed by atoms with Gasteiger partial charge in [-0.25, -0.2) is 4.39 Å². The average molecular weight is 343 g/mol. The van der Waals surface area contributed by atoms with Crippen molar-refractivity contribution in [3.8, 4) is 0 Å². The van der Waals surface area contributed by atoms with Crippen LogP contribution in [0.15, 0.2) is 0 Å². The van der Waals surface area contributed by atoms with Crippen LogP contribution in [0.2, 0.25) is 0 Å². The third-order valence-corrected chi connectivity index (χ3v) is 4.94. The van der Waals surface area contributed by atoms with E-state index in [4.69, 9.17) is 32.7 Å². The van der Waals surface area contributed by atoms with Crippen LogP contribution in [0.1, 0.15) is 58.8 Å². The van der Waals surface area contributed by atoms with Crippen molar-refractivity contribution in [2.24, 2.45) is 11.3 Å². The van der Waals surface area contributed by atoms with Gasteiger partial charge in [0, 0.05) is 25.0 Å². The number of rotatable bonds is 10. The van der Waals surface area contributed by atoms with E-state index in [0.29, 0.717) is 38.8 Å². The van der Waals surface area contributed by atoms with Crippen molar-refractivity contribution < 1.29 is 13.9 Å². The highest BCUT2D eigenvalue weighted by Crippen LogP contribution is 2.45. The van der Waals surface area contributed by atoms with Crippen molar-refractivity contribution >= 4 is 23.2 Å². The summed E-state index contributed by atoms with van der Waals surface area (Å²) < 4.78 is 22.9. The van der Waals surface area contributed by atoms with Gasteiger partial charge in [-0.3, -0.25) is 0 Å². The van der Waals surface area contributed by atoms with Gasteiger partial charge >= 0.3 is 0 Å². The highest BCUT2D eigenvalue weighted by atomic mass is 35.5. The Hall–Kier alpha value is 0.430. The first kappa shape index (κ1) is 19.5. The highest BCUT2D eigenvalue weighted by molar-refractivity contribution is 6.47. The average Bonchev–Trinajstić information content (AvgIpc) is 2.47. The number of ether oxygens (including phenoxy) is 2. The predicted molar refractivity (Wildman–Crippen MR) is 86.8 cm³/mol. The van der Waals surface area contributed by atoms with Crippen molar-refractivity contribution in [2.75, 3.05) is 26.4 Å². The van der Waals surface area contributed by atoms with Gasteiger partial charge in [0.25, 0.3) is 4.59 Å². The van der Waals surface area contributed by atoms with Crippen LogP contribution < -0.4 is 0 Å². The largest absolute Gasteiger partial charge is 0.381 e. The third kappa shape index (κ3) is 7.02. The van der Waals surface area contributed by atoms with Crippen LogP contribution in [0, 0.1) is 11.3 Å². The SMILES string of the molecule is CCOCC(CCC(F)(Cl)Cl)(COCC)C1CCCCC1. The molecule has 0 aliphatic heterocycles. The minimum Gasteiger partial charge on any atom is -0.381 e. The number of alkyl halides is 3. The Morgan fingerprint density at radius 3 is 1.90 bits per heavy atom. The Morgan fingerprint density at radius 1 is 0.952 bits per heavy atom. The van der Waals surface area contributed by atoms with Gasteiger partial charge in [0.05, 0.1) is 13.2 Å². The number of halogens is 3. The molecule has 0 aromatic heterocycles. The van der Waals surface area contributed by atoms with Crippen LogP contribution in [-0.2, 0) is 9.47 Å². The molecule has 0 spiro atoms. The molecule has 0 heterocycles. The van der Waals surface area contributed by atoms with E-state index < -0.39 is 4.59 Å². The molecule has 0 amide bonds. The molecule has 1 saturated carbocycles. The lowest BCUT2D eigenvalue weighted by molar-refractivity contribution is -0.0680. The molecule has 126 valence electrons. The molecule has 0 unspecified atom stereocenters. The molecule has 1 fully saturated rings. The predicted octanol–water partition coefficient (Wildman–Crippen LogP) is 5.51. The topological polar surface area (TPSA) is 18.5 Å². The lowest BCUT2D eigenvalue weighted by Crippen LogP contribution is -2.42. The summed E-state index contributed by atoms with van der Waals surface area (Å²) in [7, 11) is 0. The monoisotopic (exact) mass is 342 g/mol. The summed E-state index contributed by atoms with van der Waals surface area (Å²) in [5.41, 5.74) is -0.173. The molecule has 2 nitrogen and oxygen atoms in total. The second-order valence-corrected chi connectivity index (χ2v) is 7.48. The summed E-state index contributed by atoms with van der Waals surface area (Å²) in [5.74, 6) is 0.500. The van der Waals surface area contributed by atoms with Gasteiger partial charge in [0.2, 0.25) is 0 Å². The van der Waals surface area contributed by atoms with Crippen molar-refractivity contribution in [3.05, 3.63) is 0 Å². The molecule has 0 bridgehead atoms. The van der Waals surface area contributed by atoms with E-state index >= 15 is 0 Å². The molecule has 0 radical (unpaired) electrons. The molecule has 21 heavy (non-hydrogen) atoms. The van der Waals surface area contributed by atoms with Crippen LogP contribution in [0.25, 0.3) is 0 Å². The third-order valence-electron chi connectivity index (χ3n) is 4.56. The van der Waals surface area contributed by atoms with Crippen molar-refractivity contribution in [2.45, 2.75) is 63.4 Å². The van der Waals surface area contributed by atoms with Gasteiger partial charge in [-0.2, -0.15) is 0 Å². The Labute approximate surface area is 138 Å². The van der Waals surface area contributed by atoms with Crippen LogP contribution in [0.5, 0.6) is 0 Å². The van der Waals surface area contributed by atoms with E-state index in [0.717, 1.165) is 12.8 Å². The fourth-order valence-corrected chi connectivity index (χ4v) is 3.53. The summed E-state index contributed by atoms with van der Waals surface area (Å²) in [6.07, 6.45) is 6.77. The Morgan fingerprint density at radius 2 is 1.48 bits per heavy atom. The van der Waals surface area contributed by atoms with Crippen molar-refractivity contribution in [3.63, 3.8) is 0 Å². The van der Waals surface area contributed by atoms with E-state index in [1.165, 1.54) is 19.3 Å². The van der Waals surface area contributed by atoms with Gasteiger partial charge in [-0.1, -0.05) is 42.5 Å². The van der Waals surface area contributed by atoms with Crippen LogP contribution in [0.4, 0.5) is 4.39 Å². The van der Waals surface area contributed by atoms with Crippen LogP contribution in [0.3, 0.4) is 0 Å². The lowest BCUT2D eigenvalue weighted by Gasteiger charge is -2.43. The molecule has 1 aliphatic rings. The van der Waals surface area contributed by atoms with Crippen molar-refractivity contribution in [1.29, 1.82) is 0 Å². The van der Waals surface area contributed by atoms with Crippen LogP contribution in [-0.4, -0.2) is 31.0 Å². The first-order valence-electron chi connectivity index (χ1n) is 8.16. The standard InChI is InChI=1S/C16H29Cl2FO2/c1-3-20-12-15(13-21-4-2,10-11-16(17,18)19)14-8-6-5-7-9-14/h14H,3-13H2,1-2H3.